The van der Waals surface area contributed by atoms with Crippen molar-refractivity contribution in [2.45, 2.75) is 24.7 Å². The molecule has 11 aromatic carbocycles. The van der Waals surface area contributed by atoms with Gasteiger partial charge >= 0.3 is 0 Å². The zero-order chi connectivity index (χ0) is 46.7. The van der Waals surface area contributed by atoms with Crippen LogP contribution in [0.1, 0.15) is 47.2 Å². The molecule has 332 valence electrons. The van der Waals surface area contributed by atoms with Crippen LogP contribution in [0, 0.1) is 0 Å². The largest absolute Gasteiger partial charge is 0.455 e. The summed E-state index contributed by atoms with van der Waals surface area (Å²) in [6.07, 6.45) is 0. The Bertz CT molecular complexity index is 4460. The molecule has 0 fully saturated rings. The van der Waals surface area contributed by atoms with E-state index in [0.29, 0.717) is 0 Å². The topological polar surface area (TPSA) is 29.5 Å². The van der Waals surface area contributed by atoms with Gasteiger partial charge in [0.1, 0.15) is 22.3 Å². The van der Waals surface area contributed by atoms with E-state index in [0.717, 1.165) is 72.1 Å². The number of rotatable bonds is 4. The summed E-state index contributed by atoms with van der Waals surface area (Å²) in [6, 6.07) is 82.9. The standard InChI is InChI=1S/C68H43NO2/c1-67(2)53-28-9-5-20-43(53)45-36-35-41(39-57(45)67)69(58-32-13-18-40-17-3-4-19-42(40)58)59-33-16-31-56-62(59)51-23-7-11-30-55(51)68(56)54-29-10-6-21-44(54)47-37-38-61-63(64(47)68)52-27-15-26-50(66(52)71-61)49-25-14-24-48-46-22-8-12-34-60(46)70-65(48)49/h3-39H,1-2H3. The van der Waals surface area contributed by atoms with Gasteiger partial charge in [-0.25, -0.2) is 0 Å². The van der Waals surface area contributed by atoms with Gasteiger partial charge in [-0.2, -0.15) is 0 Å². The highest BCUT2D eigenvalue weighted by Gasteiger charge is 2.54. The number of anilines is 3. The van der Waals surface area contributed by atoms with Crippen molar-refractivity contribution in [2.24, 2.45) is 0 Å². The van der Waals surface area contributed by atoms with Gasteiger partial charge in [-0.05, 0) is 103 Å². The maximum absolute atomic E-state index is 7.21. The molecular weight excluding hydrogens is 863 g/mol. The van der Waals surface area contributed by atoms with Crippen LogP contribution in [0.5, 0.6) is 0 Å². The van der Waals surface area contributed by atoms with E-state index in [1.165, 1.54) is 77.5 Å². The number of nitrogens with zero attached hydrogens (tertiary/aromatic N) is 1. The number of para-hydroxylation sites is 3. The molecule has 3 heteroatoms. The molecule has 0 N–H and O–H groups in total. The zero-order valence-corrected chi connectivity index (χ0v) is 39.1. The van der Waals surface area contributed by atoms with E-state index in [4.69, 9.17) is 8.83 Å². The predicted molar refractivity (Wildman–Crippen MR) is 292 cm³/mol. The Hall–Kier alpha value is -8.92. The highest BCUT2D eigenvalue weighted by molar-refractivity contribution is 6.18. The monoisotopic (exact) mass is 905 g/mol. The fourth-order valence-corrected chi connectivity index (χ4v) is 13.6. The van der Waals surface area contributed by atoms with E-state index in [2.05, 4.69) is 237 Å². The normalized spacial score (nSPS) is 15.6. The van der Waals surface area contributed by atoms with Crippen LogP contribution in [0.3, 0.4) is 0 Å². The van der Waals surface area contributed by atoms with Crippen LogP contribution in [0.25, 0.3) is 99.2 Å². The second kappa shape index (κ2) is 13.9. The molecule has 0 radical (unpaired) electrons. The summed E-state index contributed by atoms with van der Waals surface area (Å²) in [7, 11) is 0. The summed E-state index contributed by atoms with van der Waals surface area (Å²) in [5.41, 5.74) is 23.5. The summed E-state index contributed by atoms with van der Waals surface area (Å²) in [6.45, 7) is 4.75. The number of hydrogen-bond acceptors (Lipinski definition) is 3. The number of hydrogen-bond donors (Lipinski definition) is 0. The van der Waals surface area contributed by atoms with Crippen LogP contribution in [0.4, 0.5) is 17.1 Å². The fraction of sp³-hybridized carbons (Fsp3) is 0.0588. The molecule has 71 heavy (non-hydrogen) atoms. The molecule has 1 atom stereocenters. The predicted octanol–water partition coefficient (Wildman–Crippen LogP) is 18.4. The van der Waals surface area contributed by atoms with Crippen molar-refractivity contribution < 1.29 is 8.83 Å². The highest BCUT2D eigenvalue weighted by Crippen LogP contribution is 2.67. The van der Waals surface area contributed by atoms with E-state index in [1.54, 1.807) is 0 Å². The smallest absolute Gasteiger partial charge is 0.143 e. The first-order chi connectivity index (χ1) is 35.0. The van der Waals surface area contributed by atoms with Crippen LogP contribution in [0.2, 0.25) is 0 Å². The average Bonchev–Trinajstić information content (AvgIpc) is 4.22. The molecule has 0 amide bonds. The fourth-order valence-electron chi connectivity index (χ4n) is 13.6. The number of furan rings is 2. The molecule has 0 aliphatic heterocycles. The lowest BCUT2D eigenvalue weighted by Crippen LogP contribution is -2.26. The van der Waals surface area contributed by atoms with Gasteiger partial charge in [0.2, 0.25) is 0 Å². The van der Waals surface area contributed by atoms with Crippen molar-refractivity contribution in [3.05, 3.63) is 258 Å². The molecule has 16 rings (SSSR count). The van der Waals surface area contributed by atoms with Crippen LogP contribution in [-0.4, -0.2) is 0 Å². The zero-order valence-electron chi connectivity index (χ0n) is 39.1. The van der Waals surface area contributed by atoms with E-state index >= 15 is 0 Å². The molecule has 1 spiro atoms. The Morgan fingerprint density at radius 3 is 1.72 bits per heavy atom. The van der Waals surface area contributed by atoms with Crippen LogP contribution in [-0.2, 0) is 10.8 Å². The first kappa shape index (κ1) is 39.0. The summed E-state index contributed by atoms with van der Waals surface area (Å²) in [5.74, 6) is 0. The number of benzene rings is 11. The quantitative estimate of drug-likeness (QED) is 0.176. The third kappa shape index (κ3) is 4.92. The van der Waals surface area contributed by atoms with Gasteiger partial charge in [0, 0.05) is 54.7 Å². The molecule has 3 aliphatic carbocycles. The van der Waals surface area contributed by atoms with Gasteiger partial charge < -0.3 is 13.7 Å². The SMILES string of the molecule is CC1(C)c2ccccc2-c2ccc(N(c3cccc4c3-c3ccccc3C43c4ccccc4-c4ccc5oc6c(-c7cccc8c7oc7ccccc78)cccc6c5c43)c3cccc4ccccc34)cc21. The lowest BCUT2D eigenvalue weighted by Gasteiger charge is -2.33. The Morgan fingerprint density at radius 2 is 0.887 bits per heavy atom. The van der Waals surface area contributed by atoms with Crippen molar-refractivity contribution in [3.8, 4) is 44.5 Å². The van der Waals surface area contributed by atoms with Crippen molar-refractivity contribution in [1.82, 2.24) is 0 Å². The molecule has 0 saturated carbocycles. The third-order valence-electron chi connectivity index (χ3n) is 16.5. The van der Waals surface area contributed by atoms with Crippen molar-refractivity contribution in [3.63, 3.8) is 0 Å². The van der Waals surface area contributed by atoms with Gasteiger partial charge in [-0.3, -0.25) is 0 Å². The lowest BCUT2D eigenvalue weighted by atomic mass is 9.69. The second-order valence-electron chi connectivity index (χ2n) is 20.2. The minimum absolute atomic E-state index is 0.171. The van der Waals surface area contributed by atoms with E-state index in [9.17, 15) is 0 Å². The average molecular weight is 906 g/mol. The molecule has 3 nitrogen and oxygen atoms in total. The molecule has 13 aromatic rings. The molecule has 2 heterocycles. The van der Waals surface area contributed by atoms with Crippen molar-refractivity contribution in [1.29, 1.82) is 0 Å². The minimum Gasteiger partial charge on any atom is -0.455 e. The highest BCUT2D eigenvalue weighted by atomic mass is 16.3. The van der Waals surface area contributed by atoms with Gasteiger partial charge in [-0.15, -0.1) is 0 Å². The van der Waals surface area contributed by atoms with Gasteiger partial charge in [0.15, 0.2) is 0 Å². The Balaban J connectivity index is 0.991. The van der Waals surface area contributed by atoms with Crippen LogP contribution in [0.15, 0.2) is 233 Å². The van der Waals surface area contributed by atoms with Gasteiger partial charge in [0.05, 0.1) is 16.8 Å². The van der Waals surface area contributed by atoms with Gasteiger partial charge in [0.25, 0.3) is 0 Å². The third-order valence-corrected chi connectivity index (χ3v) is 16.5. The molecule has 0 saturated heterocycles. The minimum atomic E-state index is -0.662. The molecular formula is C68H43NO2. The summed E-state index contributed by atoms with van der Waals surface area (Å²) >= 11 is 0. The van der Waals surface area contributed by atoms with Crippen LogP contribution < -0.4 is 4.90 Å². The van der Waals surface area contributed by atoms with Gasteiger partial charge in [-0.1, -0.05) is 202 Å². The molecule has 0 bridgehead atoms. The second-order valence-corrected chi connectivity index (χ2v) is 20.2. The lowest BCUT2D eigenvalue weighted by molar-refractivity contribution is 0.660. The summed E-state index contributed by atoms with van der Waals surface area (Å²) in [4.78, 5) is 2.55. The van der Waals surface area contributed by atoms with E-state index in [-0.39, 0.29) is 5.41 Å². The molecule has 1 unspecified atom stereocenters. The van der Waals surface area contributed by atoms with E-state index in [1.807, 2.05) is 6.07 Å². The Morgan fingerprint density at radius 1 is 0.352 bits per heavy atom. The van der Waals surface area contributed by atoms with E-state index < -0.39 is 5.41 Å². The molecule has 3 aliphatic rings. The Labute approximate surface area is 410 Å². The maximum atomic E-state index is 7.21. The first-order valence-corrected chi connectivity index (χ1v) is 24.7. The Kier molecular flexibility index (Phi) is 7.62. The van der Waals surface area contributed by atoms with Crippen molar-refractivity contribution in [2.75, 3.05) is 4.90 Å². The summed E-state index contributed by atoms with van der Waals surface area (Å²) < 4.78 is 13.9. The summed E-state index contributed by atoms with van der Waals surface area (Å²) in [5, 5.41) is 6.86. The van der Waals surface area contributed by atoms with Crippen molar-refractivity contribution >= 4 is 71.7 Å². The number of fused-ring (bicyclic) bond motifs is 21. The first-order valence-electron chi connectivity index (χ1n) is 24.7. The van der Waals surface area contributed by atoms with Crippen LogP contribution >= 0.6 is 0 Å². The molecule has 2 aromatic heterocycles. The maximum Gasteiger partial charge on any atom is 0.143 e.